The molecule has 1 aromatic rings. The van der Waals surface area contributed by atoms with Crippen LogP contribution in [0, 0.1) is 0 Å². The van der Waals surface area contributed by atoms with E-state index in [1.165, 1.54) is 6.07 Å². The summed E-state index contributed by atoms with van der Waals surface area (Å²) in [6.07, 6.45) is 1.68. The highest BCUT2D eigenvalue weighted by Gasteiger charge is 1.87. The summed E-state index contributed by atoms with van der Waals surface area (Å²) in [4.78, 5) is 10.8. The highest BCUT2D eigenvalue weighted by molar-refractivity contribution is 5.40. The maximum Gasteiger partial charge on any atom is 0.336 e. The zero-order chi connectivity index (χ0) is 9.14. The molecule has 0 spiro atoms. The molecule has 0 saturated heterocycles. The average Bonchev–Trinajstić information content (AvgIpc) is 1.96. The minimum Gasteiger partial charge on any atom is -0.423 e. The second-order valence-corrected chi connectivity index (χ2v) is 2.63. The van der Waals surface area contributed by atoms with E-state index < -0.39 is 0 Å². The molecule has 0 aliphatic carbocycles. The molecule has 0 unspecified atom stereocenters. The van der Waals surface area contributed by atoms with Crippen molar-refractivity contribution in [2.45, 2.75) is 6.92 Å². The van der Waals surface area contributed by atoms with E-state index in [1.54, 1.807) is 12.1 Å². The van der Waals surface area contributed by atoms with Crippen LogP contribution in [0.4, 0.5) is 0 Å². The second-order valence-electron chi connectivity index (χ2n) is 2.63. The van der Waals surface area contributed by atoms with Gasteiger partial charge in [0.1, 0.15) is 5.42 Å². The molecule has 0 amide bonds. The standard InChI is InChI=1S/C10H10O2/c1-7(2)6-9-8(3)4-5-10(11)12-9/h4-6H,1,3H2,2H3/b9-6+. The fourth-order valence-corrected chi connectivity index (χ4v) is 0.805. The molecule has 0 saturated carbocycles. The number of hydrogen-bond donors (Lipinski definition) is 0. The van der Waals surface area contributed by atoms with E-state index in [2.05, 4.69) is 13.2 Å². The van der Waals surface area contributed by atoms with Gasteiger partial charge in [-0.05, 0) is 19.1 Å². The summed E-state index contributed by atoms with van der Waals surface area (Å²) in [6.45, 7) is 9.21. The first-order chi connectivity index (χ1) is 5.59. The fraction of sp³-hybridized carbons (Fsp3) is 0.100. The first kappa shape index (κ1) is 8.53. The second kappa shape index (κ2) is 3.22. The SMILES string of the molecule is C=C(C)/C=c1/oc(=O)ccc1=C. The third-order valence-electron chi connectivity index (χ3n) is 1.33. The van der Waals surface area contributed by atoms with Crippen LogP contribution in [0.2, 0.25) is 0 Å². The summed E-state index contributed by atoms with van der Waals surface area (Å²) in [5.74, 6) is 0. The lowest BCUT2D eigenvalue weighted by molar-refractivity contribution is 0.474. The molecule has 12 heavy (non-hydrogen) atoms. The van der Waals surface area contributed by atoms with Gasteiger partial charge in [-0.3, -0.25) is 0 Å². The quantitative estimate of drug-likeness (QED) is 0.598. The molecule has 0 N–H and O–H groups in total. The molecule has 1 heterocycles. The Balaban J connectivity index is 3.53. The normalized spacial score (nSPS) is 11.6. The van der Waals surface area contributed by atoms with Crippen LogP contribution >= 0.6 is 0 Å². The Hall–Kier alpha value is -1.57. The predicted octanol–water partition coefficient (Wildman–Crippen LogP) is 0.407. The van der Waals surface area contributed by atoms with Gasteiger partial charge >= 0.3 is 5.63 Å². The van der Waals surface area contributed by atoms with E-state index in [0.717, 1.165) is 5.57 Å². The molecule has 2 nitrogen and oxygen atoms in total. The molecule has 0 fully saturated rings. The van der Waals surface area contributed by atoms with E-state index >= 15 is 0 Å². The Kier molecular flexibility index (Phi) is 2.29. The van der Waals surface area contributed by atoms with Crippen LogP contribution in [0.3, 0.4) is 0 Å². The van der Waals surface area contributed by atoms with Crippen molar-refractivity contribution < 1.29 is 4.42 Å². The first-order valence-corrected chi connectivity index (χ1v) is 3.56. The maximum atomic E-state index is 10.8. The maximum absolute atomic E-state index is 10.8. The Labute approximate surface area is 70.2 Å². The summed E-state index contributed by atoms with van der Waals surface area (Å²) >= 11 is 0. The monoisotopic (exact) mass is 162 g/mol. The zero-order valence-electron chi connectivity index (χ0n) is 6.96. The van der Waals surface area contributed by atoms with Gasteiger partial charge in [0.15, 0.2) is 0 Å². The van der Waals surface area contributed by atoms with Crippen molar-refractivity contribution in [1.82, 2.24) is 0 Å². The van der Waals surface area contributed by atoms with Crippen molar-refractivity contribution in [3.05, 3.63) is 45.3 Å². The minimum absolute atomic E-state index is 0.366. The zero-order valence-corrected chi connectivity index (χ0v) is 6.96. The van der Waals surface area contributed by atoms with Crippen molar-refractivity contribution in [3.8, 4) is 0 Å². The van der Waals surface area contributed by atoms with E-state index in [-0.39, 0.29) is 5.63 Å². The van der Waals surface area contributed by atoms with E-state index in [0.29, 0.717) is 10.6 Å². The van der Waals surface area contributed by atoms with Crippen molar-refractivity contribution in [2.24, 2.45) is 0 Å². The molecule has 2 heteroatoms. The molecule has 0 radical (unpaired) electrons. The van der Waals surface area contributed by atoms with Gasteiger partial charge in [-0.2, -0.15) is 0 Å². The first-order valence-electron chi connectivity index (χ1n) is 3.56. The van der Waals surface area contributed by atoms with Crippen LogP contribution in [-0.4, -0.2) is 0 Å². The van der Waals surface area contributed by atoms with Crippen LogP contribution in [-0.2, 0) is 0 Å². The molecular formula is C10H10O2. The van der Waals surface area contributed by atoms with E-state index in [9.17, 15) is 4.79 Å². The lowest BCUT2D eigenvalue weighted by Crippen LogP contribution is -2.26. The van der Waals surface area contributed by atoms with Crippen molar-refractivity contribution in [2.75, 3.05) is 0 Å². The van der Waals surface area contributed by atoms with Gasteiger partial charge in [0, 0.05) is 11.3 Å². The van der Waals surface area contributed by atoms with Gasteiger partial charge in [-0.1, -0.05) is 18.7 Å². The summed E-state index contributed by atoms with van der Waals surface area (Å²) in [5.41, 5.74) is 0.944. The molecule has 1 aromatic heterocycles. The molecule has 0 aliphatic heterocycles. The Morgan fingerprint density at radius 1 is 1.58 bits per heavy atom. The van der Waals surface area contributed by atoms with E-state index in [1.807, 2.05) is 6.92 Å². The molecule has 0 aromatic carbocycles. The summed E-state index contributed by atoms with van der Waals surface area (Å²) in [7, 11) is 0. The average molecular weight is 162 g/mol. The summed E-state index contributed by atoms with van der Waals surface area (Å²) in [6, 6.07) is 2.97. The molecule has 62 valence electrons. The molecule has 0 bridgehead atoms. The van der Waals surface area contributed by atoms with Gasteiger partial charge in [0.05, 0.1) is 0 Å². The highest BCUT2D eigenvalue weighted by atomic mass is 16.4. The van der Waals surface area contributed by atoms with Crippen molar-refractivity contribution >= 4 is 12.7 Å². The molecule has 0 atom stereocenters. The third-order valence-corrected chi connectivity index (χ3v) is 1.33. The molecule has 0 aliphatic rings. The highest BCUT2D eigenvalue weighted by Crippen LogP contribution is 1.84. The van der Waals surface area contributed by atoms with Gasteiger partial charge in [-0.15, -0.1) is 0 Å². The Morgan fingerprint density at radius 2 is 2.25 bits per heavy atom. The van der Waals surface area contributed by atoms with Crippen LogP contribution in [0.25, 0.3) is 12.7 Å². The Morgan fingerprint density at radius 3 is 2.83 bits per heavy atom. The smallest absolute Gasteiger partial charge is 0.336 e. The summed E-state index contributed by atoms with van der Waals surface area (Å²) in [5, 5.41) is 0.692. The van der Waals surface area contributed by atoms with Crippen molar-refractivity contribution in [1.29, 1.82) is 0 Å². The lowest BCUT2D eigenvalue weighted by Gasteiger charge is -1.87. The van der Waals surface area contributed by atoms with Gasteiger partial charge in [-0.25, -0.2) is 4.79 Å². The predicted molar refractivity (Wildman–Crippen MR) is 49.0 cm³/mol. The van der Waals surface area contributed by atoms with E-state index in [4.69, 9.17) is 4.42 Å². The van der Waals surface area contributed by atoms with Crippen LogP contribution in [0.5, 0.6) is 0 Å². The third kappa shape index (κ3) is 1.95. The molecule has 1 rings (SSSR count). The minimum atomic E-state index is -0.366. The Bertz CT molecular complexity index is 451. The topological polar surface area (TPSA) is 30.2 Å². The lowest BCUT2D eigenvalue weighted by atomic mass is 10.3. The van der Waals surface area contributed by atoms with Crippen molar-refractivity contribution in [3.63, 3.8) is 0 Å². The number of rotatable bonds is 1. The van der Waals surface area contributed by atoms with Crippen LogP contribution in [0.1, 0.15) is 6.92 Å². The largest absolute Gasteiger partial charge is 0.423 e. The van der Waals surface area contributed by atoms with Gasteiger partial charge in [0.2, 0.25) is 0 Å². The van der Waals surface area contributed by atoms with Gasteiger partial charge in [0.25, 0.3) is 0 Å². The summed E-state index contributed by atoms with van der Waals surface area (Å²) < 4.78 is 4.88. The molecular weight excluding hydrogens is 152 g/mol. The van der Waals surface area contributed by atoms with Crippen LogP contribution < -0.4 is 16.3 Å². The van der Waals surface area contributed by atoms with Crippen LogP contribution in [0.15, 0.2) is 33.5 Å². The number of hydrogen-bond acceptors (Lipinski definition) is 2. The fourth-order valence-electron chi connectivity index (χ4n) is 0.805. The van der Waals surface area contributed by atoms with Gasteiger partial charge < -0.3 is 4.42 Å². The number of allylic oxidation sites excluding steroid dienone is 1.